The SMILES string of the molecule is CCN(CC(=O)NC(C)C)C(=O)Cn1nnc2ccccc2c1=O. The number of benzene rings is 1. The second-order valence-corrected chi connectivity index (χ2v) is 5.70. The molecular weight excluding hydrogens is 310 g/mol. The van der Waals surface area contributed by atoms with E-state index in [4.69, 9.17) is 0 Å². The second kappa shape index (κ2) is 7.67. The molecule has 2 amide bonds. The van der Waals surface area contributed by atoms with Gasteiger partial charge in [-0.1, -0.05) is 17.3 Å². The number of hydrogen-bond donors (Lipinski definition) is 1. The molecule has 128 valence electrons. The summed E-state index contributed by atoms with van der Waals surface area (Å²) in [7, 11) is 0. The van der Waals surface area contributed by atoms with Crippen molar-refractivity contribution in [1.29, 1.82) is 0 Å². The van der Waals surface area contributed by atoms with Crippen molar-refractivity contribution < 1.29 is 9.59 Å². The van der Waals surface area contributed by atoms with Gasteiger partial charge in [0.25, 0.3) is 5.56 Å². The smallest absolute Gasteiger partial charge is 0.278 e. The predicted octanol–water partition coefficient (Wildman–Crippen LogP) is 0.165. The average molecular weight is 331 g/mol. The zero-order chi connectivity index (χ0) is 17.7. The van der Waals surface area contributed by atoms with Gasteiger partial charge in [-0.25, -0.2) is 4.68 Å². The topological polar surface area (TPSA) is 97.2 Å². The lowest BCUT2D eigenvalue weighted by atomic mass is 10.2. The Hall–Kier alpha value is -2.77. The van der Waals surface area contributed by atoms with Crippen LogP contribution in [0.2, 0.25) is 0 Å². The molecule has 0 saturated carbocycles. The highest BCUT2D eigenvalue weighted by Gasteiger charge is 2.18. The Kier molecular flexibility index (Phi) is 5.62. The molecule has 1 N–H and O–H groups in total. The van der Waals surface area contributed by atoms with Crippen molar-refractivity contribution in [1.82, 2.24) is 25.2 Å². The summed E-state index contributed by atoms with van der Waals surface area (Å²) in [6, 6.07) is 6.82. The minimum atomic E-state index is -0.378. The van der Waals surface area contributed by atoms with E-state index in [0.717, 1.165) is 4.68 Å². The molecular formula is C16H21N5O3. The van der Waals surface area contributed by atoms with E-state index >= 15 is 0 Å². The summed E-state index contributed by atoms with van der Waals surface area (Å²) in [5.41, 5.74) is 0.103. The van der Waals surface area contributed by atoms with Crippen molar-refractivity contribution in [3.05, 3.63) is 34.6 Å². The van der Waals surface area contributed by atoms with Gasteiger partial charge in [0, 0.05) is 12.6 Å². The number of carbonyl (C=O) groups excluding carboxylic acids is 2. The van der Waals surface area contributed by atoms with Crippen molar-refractivity contribution in [2.24, 2.45) is 0 Å². The number of likely N-dealkylation sites (N-methyl/N-ethyl adjacent to an activating group) is 1. The van der Waals surface area contributed by atoms with E-state index in [1.54, 1.807) is 31.2 Å². The molecule has 2 rings (SSSR count). The van der Waals surface area contributed by atoms with Gasteiger partial charge in [-0.15, -0.1) is 5.10 Å². The molecule has 8 heteroatoms. The third kappa shape index (κ3) is 4.15. The van der Waals surface area contributed by atoms with Gasteiger partial charge in [0.15, 0.2) is 0 Å². The number of nitrogens with one attached hydrogen (secondary N) is 1. The highest BCUT2D eigenvalue weighted by Crippen LogP contribution is 2.03. The Morgan fingerprint density at radius 3 is 2.67 bits per heavy atom. The summed E-state index contributed by atoms with van der Waals surface area (Å²) in [6.07, 6.45) is 0. The van der Waals surface area contributed by atoms with Crippen molar-refractivity contribution in [2.45, 2.75) is 33.4 Å². The lowest BCUT2D eigenvalue weighted by molar-refractivity contribution is -0.136. The van der Waals surface area contributed by atoms with Gasteiger partial charge >= 0.3 is 0 Å². The number of amides is 2. The van der Waals surface area contributed by atoms with Crippen molar-refractivity contribution in [3.8, 4) is 0 Å². The van der Waals surface area contributed by atoms with Crippen LogP contribution in [0.5, 0.6) is 0 Å². The molecule has 2 aromatic rings. The fourth-order valence-corrected chi connectivity index (χ4v) is 2.27. The second-order valence-electron chi connectivity index (χ2n) is 5.70. The van der Waals surface area contributed by atoms with Gasteiger partial charge in [-0.05, 0) is 32.9 Å². The highest BCUT2D eigenvalue weighted by molar-refractivity contribution is 5.85. The van der Waals surface area contributed by atoms with E-state index in [2.05, 4.69) is 15.6 Å². The van der Waals surface area contributed by atoms with E-state index in [-0.39, 0.29) is 36.5 Å². The molecule has 0 unspecified atom stereocenters. The highest BCUT2D eigenvalue weighted by atomic mass is 16.2. The normalized spacial score (nSPS) is 10.8. The molecule has 0 aliphatic rings. The van der Waals surface area contributed by atoms with Crippen LogP contribution in [0.3, 0.4) is 0 Å². The average Bonchev–Trinajstić information content (AvgIpc) is 2.54. The van der Waals surface area contributed by atoms with Crippen LogP contribution in [0.15, 0.2) is 29.1 Å². The number of rotatable bonds is 6. The fourth-order valence-electron chi connectivity index (χ4n) is 2.27. The van der Waals surface area contributed by atoms with Crippen molar-refractivity contribution >= 4 is 22.7 Å². The molecule has 1 heterocycles. The Morgan fingerprint density at radius 1 is 1.29 bits per heavy atom. The van der Waals surface area contributed by atoms with Gasteiger partial charge in [0.05, 0.1) is 11.9 Å². The molecule has 0 spiro atoms. The quantitative estimate of drug-likeness (QED) is 0.813. The van der Waals surface area contributed by atoms with E-state index in [1.165, 1.54) is 4.90 Å². The lowest BCUT2D eigenvalue weighted by Gasteiger charge is -2.21. The molecule has 24 heavy (non-hydrogen) atoms. The van der Waals surface area contributed by atoms with Crippen LogP contribution in [0, 0.1) is 0 Å². The maximum Gasteiger partial charge on any atom is 0.278 e. The first-order chi connectivity index (χ1) is 11.4. The van der Waals surface area contributed by atoms with Gasteiger partial charge < -0.3 is 10.2 Å². The van der Waals surface area contributed by atoms with Gasteiger partial charge in [-0.2, -0.15) is 0 Å². The Labute approximate surface area is 139 Å². The molecule has 1 aromatic heterocycles. The van der Waals surface area contributed by atoms with Crippen LogP contribution in [0.4, 0.5) is 0 Å². The molecule has 0 aliphatic heterocycles. The monoisotopic (exact) mass is 331 g/mol. The number of nitrogens with zero attached hydrogens (tertiary/aromatic N) is 4. The molecule has 8 nitrogen and oxygen atoms in total. The number of carbonyl (C=O) groups is 2. The molecule has 0 bridgehead atoms. The molecule has 0 aliphatic carbocycles. The van der Waals surface area contributed by atoms with Crippen molar-refractivity contribution in [2.75, 3.05) is 13.1 Å². The number of fused-ring (bicyclic) bond motifs is 1. The predicted molar refractivity (Wildman–Crippen MR) is 89.3 cm³/mol. The van der Waals surface area contributed by atoms with Crippen LogP contribution in [0.25, 0.3) is 10.9 Å². The zero-order valence-electron chi connectivity index (χ0n) is 14.0. The summed E-state index contributed by atoms with van der Waals surface area (Å²) in [5.74, 6) is -0.597. The lowest BCUT2D eigenvalue weighted by Crippen LogP contribution is -2.44. The van der Waals surface area contributed by atoms with Crippen LogP contribution in [0.1, 0.15) is 20.8 Å². The molecule has 0 atom stereocenters. The summed E-state index contributed by atoms with van der Waals surface area (Å²) in [6.45, 7) is 5.53. The largest absolute Gasteiger partial charge is 0.352 e. The number of aromatic nitrogens is 3. The minimum absolute atomic E-state index is 0.000261. The molecule has 1 aromatic carbocycles. The summed E-state index contributed by atoms with van der Waals surface area (Å²) in [4.78, 5) is 37.9. The van der Waals surface area contributed by atoms with Crippen LogP contribution >= 0.6 is 0 Å². The van der Waals surface area contributed by atoms with E-state index in [9.17, 15) is 14.4 Å². The molecule has 0 radical (unpaired) electrons. The van der Waals surface area contributed by atoms with E-state index in [0.29, 0.717) is 17.4 Å². The summed E-state index contributed by atoms with van der Waals surface area (Å²) in [5, 5.41) is 10.9. The molecule has 0 fully saturated rings. The van der Waals surface area contributed by atoms with Gasteiger partial charge in [-0.3, -0.25) is 14.4 Å². The summed E-state index contributed by atoms with van der Waals surface area (Å²) < 4.78 is 1.02. The zero-order valence-corrected chi connectivity index (χ0v) is 14.0. The van der Waals surface area contributed by atoms with E-state index < -0.39 is 0 Å². The minimum Gasteiger partial charge on any atom is -0.352 e. The van der Waals surface area contributed by atoms with Crippen LogP contribution in [-0.4, -0.2) is 50.8 Å². The van der Waals surface area contributed by atoms with Crippen LogP contribution < -0.4 is 10.9 Å². The third-order valence-electron chi connectivity index (χ3n) is 3.43. The van der Waals surface area contributed by atoms with E-state index in [1.807, 2.05) is 13.8 Å². The first-order valence-electron chi connectivity index (χ1n) is 7.82. The van der Waals surface area contributed by atoms with Gasteiger partial charge in [0.1, 0.15) is 12.1 Å². The molecule has 0 saturated heterocycles. The number of hydrogen-bond acceptors (Lipinski definition) is 5. The van der Waals surface area contributed by atoms with Crippen molar-refractivity contribution in [3.63, 3.8) is 0 Å². The van der Waals surface area contributed by atoms with Crippen LogP contribution in [-0.2, 0) is 16.1 Å². The fraction of sp³-hybridized carbons (Fsp3) is 0.438. The third-order valence-corrected chi connectivity index (χ3v) is 3.43. The van der Waals surface area contributed by atoms with Gasteiger partial charge in [0.2, 0.25) is 11.8 Å². The first kappa shape index (κ1) is 17.6. The maximum absolute atomic E-state index is 12.4. The summed E-state index contributed by atoms with van der Waals surface area (Å²) >= 11 is 0. The Bertz CT molecular complexity index is 800. The Morgan fingerprint density at radius 2 is 2.00 bits per heavy atom. The Balaban J connectivity index is 2.14. The standard InChI is InChI=1S/C16H21N5O3/c1-4-20(9-14(22)17-11(2)3)15(23)10-21-16(24)12-7-5-6-8-13(12)18-19-21/h5-8,11H,4,9-10H2,1-3H3,(H,17,22). The maximum atomic E-state index is 12.4. The first-order valence-corrected chi connectivity index (χ1v) is 7.82.